The lowest BCUT2D eigenvalue weighted by Gasteiger charge is -2.16. The second kappa shape index (κ2) is 15.3. The van der Waals surface area contributed by atoms with Gasteiger partial charge in [-0.2, -0.15) is 0 Å². The fourth-order valence-corrected chi connectivity index (χ4v) is 6.27. The zero-order valence-corrected chi connectivity index (χ0v) is 28.0. The van der Waals surface area contributed by atoms with Crippen LogP contribution in [0.25, 0.3) is 6.08 Å². The Hall–Kier alpha value is -5.88. The standard InChI is InChI=1S/C37H33N3O8S/c1-22(41)23-13-16-27(17-14-23)40-32(42)21-31(37(40)45)49-28-12-8-11-26(20-28)38-36(44)29(39-35(43)24-9-6-5-7-10-24)19-25-15-18-30(46-2)34(48-4)33(25)47-3/h5-20,31H,21H2,1-4H3,(H,38,44)(H,39,43)/b29-19-/t31-/m1/s1. The second-order valence-corrected chi connectivity index (χ2v) is 12.0. The predicted octanol–water partition coefficient (Wildman–Crippen LogP) is 5.75. The third-order valence-corrected chi connectivity index (χ3v) is 8.75. The molecule has 0 spiro atoms. The van der Waals surface area contributed by atoms with Gasteiger partial charge in [0.15, 0.2) is 17.3 Å². The fraction of sp³-hybridized carbons (Fsp3) is 0.162. The first-order valence-electron chi connectivity index (χ1n) is 15.1. The Morgan fingerprint density at radius 3 is 2.18 bits per heavy atom. The lowest BCUT2D eigenvalue weighted by molar-refractivity contribution is -0.121. The number of hydrogen-bond donors (Lipinski definition) is 2. The minimum absolute atomic E-state index is 0.0138. The summed E-state index contributed by atoms with van der Waals surface area (Å²) in [6, 6.07) is 24.9. The van der Waals surface area contributed by atoms with Crippen molar-refractivity contribution in [3.63, 3.8) is 0 Å². The summed E-state index contributed by atoms with van der Waals surface area (Å²) in [4.78, 5) is 66.5. The van der Waals surface area contributed by atoms with Crippen molar-refractivity contribution in [2.75, 3.05) is 31.5 Å². The average molecular weight is 680 g/mol. The number of imide groups is 1. The molecular weight excluding hydrogens is 646 g/mol. The molecule has 0 aromatic heterocycles. The van der Waals surface area contributed by atoms with Crippen LogP contribution in [-0.2, 0) is 14.4 Å². The number of nitrogens with one attached hydrogen (secondary N) is 2. The van der Waals surface area contributed by atoms with Crippen molar-refractivity contribution in [1.82, 2.24) is 5.32 Å². The number of amides is 4. The number of rotatable bonds is 12. The molecule has 1 aliphatic heterocycles. The monoisotopic (exact) mass is 679 g/mol. The first-order chi connectivity index (χ1) is 23.6. The molecular formula is C37H33N3O8S. The number of Topliss-reactive ketones (excluding diaryl/α,β-unsaturated/α-hetero) is 1. The van der Waals surface area contributed by atoms with Crippen LogP contribution in [0.4, 0.5) is 11.4 Å². The molecule has 4 aromatic carbocycles. The first-order valence-corrected chi connectivity index (χ1v) is 15.9. The number of carbonyl (C=O) groups is 5. The number of thioether (sulfide) groups is 1. The molecule has 2 N–H and O–H groups in total. The van der Waals surface area contributed by atoms with Crippen LogP contribution in [0, 0.1) is 0 Å². The van der Waals surface area contributed by atoms with Gasteiger partial charge in [0.1, 0.15) is 5.70 Å². The van der Waals surface area contributed by atoms with E-state index in [1.165, 1.54) is 46.1 Å². The van der Waals surface area contributed by atoms with E-state index in [0.29, 0.717) is 50.2 Å². The highest BCUT2D eigenvalue weighted by atomic mass is 32.2. The molecule has 1 aliphatic rings. The Morgan fingerprint density at radius 2 is 1.53 bits per heavy atom. The third kappa shape index (κ3) is 7.82. The molecule has 1 heterocycles. The zero-order valence-electron chi connectivity index (χ0n) is 27.1. The number of anilines is 2. The van der Waals surface area contributed by atoms with E-state index >= 15 is 0 Å². The van der Waals surface area contributed by atoms with E-state index in [2.05, 4.69) is 10.6 Å². The van der Waals surface area contributed by atoms with Gasteiger partial charge in [-0.3, -0.25) is 24.0 Å². The van der Waals surface area contributed by atoms with E-state index in [4.69, 9.17) is 14.2 Å². The molecule has 0 aliphatic carbocycles. The molecule has 0 saturated carbocycles. The quantitative estimate of drug-likeness (QED) is 0.109. The van der Waals surface area contributed by atoms with Crippen molar-refractivity contribution in [2.24, 2.45) is 0 Å². The minimum Gasteiger partial charge on any atom is -0.493 e. The van der Waals surface area contributed by atoms with Crippen LogP contribution in [-0.4, -0.2) is 56.0 Å². The van der Waals surface area contributed by atoms with Gasteiger partial charge in [0, 0.05) is 33.7 Å². The first kappa shape index (κ1) is 34.5. The Morgan fingerprint density at radius 1 is 0.816 bits per heavy atom. The molecule has 11 nitrogen and oxygen atoms in total. The van der Waals surface area contributed by atoms with Gasteiger partial charge in [-0.05, 0) is 79.7 Å². The van der Waals surface area contributed by atoms with Gasteiger partial charge in [0.2, 0.25) is 17.6 Å². The Kier molecular flexibility index (Phi) is 10.8. The van der Waals surface area contributed by atoms with Crippen LogP contribution in [0.15, 0.2) is 102 Å². The number of hydrogen-bond acceptors (Lipinski definition) is 9. The number of ketones is 1. The topological polar surface area (TPSA) is 140 Å². The molecule has 49 heavy (non-hydrogen) atoms. The molecule has 250 valence electrons. The Labute approximate surface area is 287 Å². The molecule has 1 saturated heterocycles. The SMILES string of the molecule is COc1ccc(/C=C(\NC(=O)c2ccccc2)C(=O)Nc2cccc(S[C@@H]3CC(=O)N(c4ccc(C(C)=O)cc4)C3=O)c2)c(OC)c1OC. The Bertz CT molecular complexity index is 1940. The molecule has 0 radical (unpaired) electrons. The predicted molar refractivity (Wildman–Crippen MR) is 186 cm³/mol. The van der Waals surface area contributed by atoms with E-state index in [1.54, 1.807) is 91.0 Å². The second-order valence-electron chi connectivity index (χ2n) is 10.8. The summed E-state index contributed by atoms with van der Waals surface area (Å²) in [6.45, 7) is 1.44. The van der Waals surface area contributed by atoms with Crippen molar-refractivity contribution in [2.45, 2.75) is 23.5 Å². The van der Waals surface area contributed by atoms with Gasteiger partial charge in [-0.25, -0.2) is 4.90 Å². The third-order valence-electron chi connectivity index (χ3n) is 7.57. The van der Waals surface area contributed by atoms with Crippen LogP contribution in [0.5, 0.6) is 17.2 Å². The van der Waals surface area contributed by atoms with E-state index < -0.39 is 17.1 Å². The van der Waals surface area contributed by atoms with Crippen molar-refractivity contribution < 1.29 is 38.2 Å². The molecule has 4 aromatic rings. The van der Waals surface area contributed by atoms with Crippen LogP contribution in [0.3, 0.4) is 0 Å². The minimum atomic E-state index is -0.691. The number of methoxy groups -OCH3 is 3. The van der Waals surface area contributed by atoms with Crippen molar-refractivity contribution >= 4 is 58.6 Å². The maximum atomic E-state index is 13.8. The van der Waals surface area contributed by atoms with E-state index in [-0.39, 0.29) is 29.7 Å². The van der Waals surface area contributed by atoms with Crippen molar-refractivity contribution in [3.8, 4) is 17.2 Å². The summed E-state index contributed by atoms with van der Waals surface area (Å²) in [5.41, 5.74) is 1.97. The van der Waals surface area contributed by atoms with Crippen molar-refractivity contribution in [3.05, 3.63) is 113 Å². The van der Waals surface area contributed by atoms with E-state index in [0.717, 1.165) is 4.90 Å². The Balaban J connectivity index is 1.38. The molecule has 0 bridgehead atoms. The summed E-state index contributed by atoms with van der Waals surface area (Å²) < 4.78 is 16.4. The highest BCUT2D eigenvalue weighted by Crippen LogP contribution is 2.41. The number of nitrogens with zero attached hydrogens (tertiary/aromatic N) is 1. The van der Waals surface area contributed by atoms with Gasteiger partial charge in [-0.1, -0.05) is 24.3 Å². The van der Waals surface area contributed by atoms with Crippen LogP contribution >= 0.6 is 11.8 Å². The smallest absolute Gasteiger partial charge is 0.272 e. The molecule has 12 heteroatoms. The van der Waals surface area contributed by atoms with Crippen LogP contribution in [0.2, 0.25) is 0 Å². The zero-order chi connectivity index (χ0) is 35.1. The summed E-state index contributed by atoms with van der Waals surface area (Å²) >= 11 is 1.20. The summed E-state index contributed by atoms with van der Waals surface area (Å²) in [6.07, 6.45) is 1.45. The molecule has 0 unspecified atom stereocenters. The summed E-state index contributed by atoms with van der Waals surface area (Å²) in [7, 11) is 4.40. The van der Waals surface area contributed by atoms with Crippen molar-refractivity contribution in [1.29, 1.82) is 0 Å². The van der Waals surface area contributed by atoms with Crippen LogP contribution < -0.4 is 29.7 Å². The molecule has 5 rings (SSSR count). The number of ether oxygens (including phenoxy) is 3. The summed E-state index contributed by atoms with van der Waals surface area (Å²) in [5.74, 6) is -0.959. The average Bonchev–Trinajstić information content (AvgIpc) is 3.39. The summed E-state index contributed by atoms with van der Waals surface area (Å²) in [5, 5.41) is 4.83. The molecule has 1 fully saturated rings. The maximum Gasteiger partial charge on any atom is 0.272 e. The molecule has 1 atom stereocenters. The van der Waals surface area contributed by atoms with Gasteiger partial charge in [0.05, 0.1) is 32.3 Å². The normalized spacial score (nSPS) is 14.3. The van der Waals surface area contributed by atoms with Crippen LogP contribution in [0.1, 0.15) is 39.6 Å². The van der Waals surface area contributed by atoms with Gasteiger partial charge < -0.3 is 24.8 Å². The van der Waals surface area contributed by atoms with Gasteiger partial charge in [0.25, 0.3) is 11.8 Å². The highest BCUT2D eigenvalue weighted by Gasteiger charge is 2.40. The fourth-order valence-electron chi connectivity index (χ4n) is 5.16. The lowest BCUT2D eigenvalue weighted by atomic mass is 10.1. The number of carbonyl (C=O) groups excluding carboxylic acids is 5. The van der Waals surface area contributed by atoms with Gasteiger partial charge in [-0.15, -0.1) is 11.8 Å². The van der Waals surface area contributed by atoms with Gasteiger partial charge >= 0.3 is 0 Å². The van der Waals surface area contributed by atoms with E-state index in [1.807, 2.05) is 0 Å². The largest absolute Gasteiger partial charge is 0.493 e. The highest BCUT2D eigenvalue weighted by molar-refractivity contribution is 8.00. The maximum absolute atomic E-state index is 13.8. The molecule has 4 amide bonds. The van der Waals surface area contributed by atoms with E-state index in [9.17, 15) is 24.0 Å². The number of benzene rings is 4. The lowest BCUT2D eigenvalue weighted by Crippen LogP contribution is -2.31.